The fourth-order valence-electron chi connectivity index (χ4n) is 3.08. The number of hydrogen-bond donors (Lipinski definition) is 1. The van der Waals surface area contributed by atoms with Gasteiger partial charge in [0.25, 0.3) is 0 Å². The van der Waals surface area contributed by atoms with E-state index in [1.54, 1.807) is 31.2 Å². The van der Waals surface area contributed by atoms with Crippen molar-refractivity contribution in [3.63, 3.8) is 0 Å². The number of anilines is 1. The molecule has 1 N–H and O–H groups in total. The lowest BCUT2D eigenvalue weighted by Crippen LogP contribution is -2.43. The van der Waals surface area contributed by atoms with Crippen LogP contribution in [0, 0.1) is 0 Å². The Morgan fingerprint density at radius 3 is 2.78 bits per heavy atom. The Hall–Kier alpha value is -1.88. The van der Waals surface area contributed by atoms with Gasteiger partial charge in [-0.05, 0) is 44.9 Å². The lowest BCUT2D eigenvalue weighted by molar-refractivity contribution is -0.118. The van der Waals surface area contributed by atoms with E-state index >= 15 is 0 Å². The first kappa shape index (κ1) is 17.5. The van der Waals surface area contributed by atoms with Gasteiger partial charge in [0.15, 0.2) is 0 Å². The zero-order chi connectivity index (χ0) is 16.7. The van der Waals surface area contributed by atoms with Crippen molar-refractivity contribution in [3.8, 4) is 0 Å². The van der Waals surface area contributed by atoms with Crippen LogP contribution in [0.3, 0.4) is 0 Å². The summed E-state index contributed by atoms with van der Waals surface area (Å²) in [7, 11) is 0. The van der Waals surface area contributed by atoms with Crippen molar-refractivity contribution < 1.29 is 14.3 Å². The standard InChI is InChI=1S/C18H26N2O3/c1-3-14-9-7-8-12-20(14)13-17(21)19-16-11-6-5-10-15(16)18(22)23-4-2/h5-6,10-11,14H,3-4,7-9,12-13H2,1-2H3,(H,19,21). The van der Waals surface area contributed by atoms with Crippen molar-refractivity contribution in [1.82, 2.24) is 4.90 Å². The second-order valence-electron chi connectivity index (χ2n) is 5.84. The summed E-state index contributed by atoms with van der Waals surface area (Å²) in [6, 6.07) is 7.45. The molecule has 0 aromatic heterocycles. The number of ether oxygens (including phenoxy) is 1. The minimum absolute atomic E-state index is 0.0814. The van der Waals surface area contributed by atoms with Crippen molar-refractivity contribution in [3.05, 3.63) is 29.8 Å². The summed E-state index contributed by atoms with van der Waals surface area (Å²) in [5.41, 5.74) is 0.911. The molecule has 1 fully saturated rings. The third-order valence-corrected chi connectivity index (χ3v) is 4.26. The summed E-state index contributed by atoms with van der Waals surface area (Å²) in [5.74, 6) is -0.491. The number of para-hydroxylation sites is 1. The number of benzene rings is 1. The van der Waals surface area contributed by atoms with Crippen LogP contribution in [0.4, 0.5) is 5.69 Å². The molecule has 23 heavy (non-hydrogen) atoms. The minimum atomic E-state index is -0.409. The van der Waals surface area contributed by atoms with Gasteiger partial charge >= 0.3 is 5.97 Å². The van der Waals surface area contributed by atoms with E-state index in [1.807, 2.05) is 0 Å². The van der Waals surface area contributed by atoms with Crippen LogP contribution in [-0.2, 0) is 9.53 Å². The molecule has 0 spiro atoms. The highest BCUT2D eigenvalue weighted by molar-refractivity contribution is 6.01. The van der Waals surface area contributed by atoms with E-state index < -0.39 is 5.97 Å². The van der Waals surface area contributed by atoms with E-state index in [4.69, 9.17) is 4.74 Å². The number of likely N-dealkylation sites (tertiary alicyclic amines) is 1. The van der Waals surface area contributed by atoms with Gasteiger partial charge < -0.3 is 10.1 Å². The van der Waals surface area contributed by atoms with Crippen molar-refractivity contribution in [2.45, 2.75) is 45.6 Å². The van der Waals surface area contributed by atoms with E-state index in [0.717, 1.165) is 25.8 Å². The molecule has 1 aliphatic heterocycles. The van der Waals surface area contributed by atoms with E-state index in [1.165, 1.54) is 6.42 Å². The van der Waals surface area contributed by atoms with Gasteiger partial charge in [-0.15, -0.1) is 0 Å². The largest absolute Gasteiger partial charge is 0.462 e. The van der Waals surface area contributed by atoms with Crippen LogP contribution in [0.1, 0.15) is 49.9 Å². The van der Waals surface area contributed by atoms with Gasteiger partial charge in [0, 0.05) is 6.04 Å². The highest BCUT2D eigenvalue weighted by atomic mass is 16.5. The first-order valence-electron chi connectivity index (χ1n) is 8.45. The predicted molar refractivity (Wildman–Crippen MR) is 90.5 cm³/mol. The van der Waals surface area contributed by atoms with Crippen molar-refractivity contribution in [2.75, 3.05) is 25.0 Å². The van der Waals surface area contributed by atoms with Crippen LogP contribution in [0.15, 0.2) is 24.3 Å². The number of rotatable bonds is 6. The molecule has 1 atom stereocenters. The number of carbonyl (C=O) groups excluding carboxylic acids is 2. The summed E-state index contributed by atoms with van der Waals surface area (Å²) in [6.07, 6.45) is 4.60. The first-order valence-corrected chi connectivity index (χ1v) is 8.45. The summed E-state index contributed by atoms with van der Waals surface area (Å²) in [6.45, 7) is 5.57. The van der Waals surface area contributed by atoms with Gasteiger partial charge in [-0.25, -0.2) is 4.79 Å². The molecule has 1 saturated heterocycles. The molecule has 5 heteroatoms. The minimum Gasteiger partial charge on any atom is -0.462 e. The zero-order valence-corrected chi connectivity index (χ0v) is 14.0. The molecular formula is C18H26N2O3. The second kappa shape index (κ2) is 8.67. The summed E-state index contributed by atoms with van der Waals surface area (Å²) >= 11 is 0. The highest BCUT2D eigenvalue weighted by Gasteiger charge is 2.23. The van der Waals surface area contributed by atoms with Crippen LogP contribution in [0.25, 0.3) is 0 Å². The SMILES string of the molecule is CCOC(=O)c1ccccc1NC(=O)CN1CCCCC1CC. The Labute approximate surface area is 138 Å². The molecule has 0 bridgehead atoms. The quantitative estimate of drug-likeness (QED) is 0.819. The van der Waals surface area contributed by atoms with Gasteiger partial charge in [-0.3, -0.25) is 9.69 Å². The number of hydrogen-bond acceptors (Lipinski definition) is 4. The maximum atomic E-state index is 12.4. The summed E-state index contributed by atoms with van der Waals surface area (Å²) in [4.78, 5) is 26.6. The van der Waals surface area contributed by atoms with Gasteiger partial charge in [-0.2, -0.15) is 0 Å². The van der Waals surface area contributed by atoms with Crippen molar-refractivity contribution >= 4 is 17.6 Å². The highest BCUT2D eigenvalue weighted by Crippen LogP contribution is 2.20. The number of amides is 1. The average molecular weight is 318 g/mol. The van der Waals surface area contributed by atoms with Crippen LogP contribution in [0.2, 0.25) is 0 Å². The number of esters is 1. The number of piperidine rings is 1. The molecule has 1 heterocycles. The fourth-order valence-corrected chi connectivity index (χ4v) is 3.08. The number of nitrogens with zero attached hydrogens (tertiary/aromatic N) is 1. The summed E-state index contributed by atoms with van der Waals surface area (Å²) < 4.78 is 5.03. The molecule has 2 rings (SSSR count). The smallest absolute Gasteiger partial charge is 0.340 e. The van der Waals surface area contributed by atoms with Crippen LogP contribution >= 0.6 is 0 Å². The van der Waals surface area contributed by atoms with Gasteiger partial charge in [-0.1, -0.05) is 25.5 Å². The number of carbonyl (C=O) groups is 2. The van der Waals surface area contributed by atoms with Crippen molar-refractivity contribution in [2.24, 2.45) is 0 Å². The lowest BCUT2D eigenvalue weighted by Gasteiger charge is -2.34. The molecular weight excluding hydrogens is 292 g/mol. The Balaban J connectivity index is 2.01. The van der Waals surface area contributed by atoms with Gasteiger partial charge in [0.05, 0.1) is 24.4 Å². The average Bonchev–Trinajstić information content (AvgIpc) is 2.56. The molecule has 1 aromatic rings. The molecule has 0 aliphatic carbocycles. The molecule has 0 saturated carbocycles. The molecule has 5 nitrogen and oxygen atoms in total. The van der Waals surface area contributed by atoms with E-state index in [-0.39, 0.29) is 5.91 Å². The van der Waals surface area contributed by atoms with Crippen LogP contribution in [-0.4, -0.2) is 42.5 Å². The molecule has 0 radical (unpaired) electrons. The molecule has 126 valence electrons. The Bertz CT molecular complexity index is 545. The first-order chi connectivity index (χ1) is 11.2. The Morgan fingerprint density at radius 1 is 1.26 bits per heavy atom. The van der Waals surface area contributed by atoms with Crippen LogP contribution in [0.5, 0.6) is 0 Å². The molecule has 1 aromatic carbocycles. The number of nitrogens with one attached hydrogen (secondary N) is 1. The topological polar surface area (TPSA) is 58.6 Å². The second-order valence-corrected chi connectivity index (χ2v) is 5.84. The van der Waals surface area contributed by atoms with E-state index in [0.29, 0.717) is 30.4 Å². The maximum Gasteiger partial charge on any atom is 0.340 e. The predicted octanol–water partition coefficient (Wildman–Crippen LogP) is 3.07. The van der Waals surface area contributed by atoms with Gasteiger partial charge in [0.1, 0.15) is 0 Å². The Kier molecular flexibility index (Phi) is 6.59. The maximum absolute atomic E-state index is 12.4. The molecule has 1 unspecified atom stereocenters. The monoisotopic (exact) mass is 318 g/mol. The zero-order valence-electron chi connectivity index (χ0n) is 14.0. The van der Waals surface area contributed by atoms with E-state index in [9.17, 15) is 9.59 Å². The van der Waals surface area contributed by atoms with Crippen molar-refractivity contribution in [1.29, 1.82) is 0 Å². The third-order valence-electron chi connectivity index (χ3n) is 4.26. The van der Waals surface area contributed by atoms with E-state index in [2.05, 4.69) is 17.1 Å². The lowest BCUT2D eigenvalue weighted by atomic mass is 10.00. The van der Waals surface area contributed by atoms with Gasteiger partial charge in [0.2, 0.25) is 5.91 Å². The normalized spacial score (nSPS) is 18.4. The van der Waals surface area contributed by atoms with Crippen LogP contribution < -0.4 is 5.32 Å². The third kappa shape index (κ3) is 4.79. The fraction of sp³-hybridized carbons (Fsp3) is 0.556. The molecule has 1 amide bonds. The molecule has 1 aliphatic rings. The summed E-state index contributed by atoms with van der Waals surface area (Å²) in [5, 5.41) is 2.86. The Morgan fingerprint density at radius 2 is 2.04 bits per heavy atom.